The van der Waals surface area contributed by atoms with Gasteiger partial charge in [-0.1, -0.05) is 25.3 Å². The second kappa shape index (κ2) is 7.80. The largest absolute Gasteiger partial charge is 0.493 e. The van der Waals surface area contributed by atoms with E-state index in [1.54, 1.807) is 26.4 Å². The Balaban J connectivity index is 1.93. The number of rotatable bonds is 7. The molecular weight excluding hydrogens is 304 g/mol. The molecular formula is C15H24N2O4S. The third kappa shape index (κ3) is 4.86. The highest BCUT2D eigenvalue weighted by Gasteiger charge is 2.19. The molecule has 1 fully saturated rings. The van der Waals surface area contributed by atoms with Crippen LogP contribution < -0.4 is 18.9 Å². The first kappa shape index (κ1) is 17.1. The highest BCUT2D eigenvalue weighted by atomic mass is 32.2. The third-order valence-electron chi connectivity index (χ3n) is 3.84. The van der Waals surface area contributed by atoms with Gasteiger partial charge in [-0.2, -0.15) is 17.9 Å². The van der Waals surface area contributed by atoms with Gasteiger partial charge in [0.2, 0.25) is 0 Å². The molecule has 6 nitrogen and oxygen atoms in total. The van der Waals surface area contributed by atoms with E-state index in [-0.39, 0.29) is 12.6 Å². The van der Waals surface area contributed by atoms with Crippen molar-refractivity contribution in [3.63, 3.8) is 0 Å². The summed E-state index contributed by atoms with van der Waals surface area (Å²) in [7, 11) is -0.371. The lowest BCUT2D eigenvalue weighted by Gasteiger charge is -2.22. The van der Waals surface area contributed by atoms with Crippen LogP contribution in [0.3, 0.4) is 0 Å². The zero-order chi connectivity index (χ0) is 16.0. The lowest BCUT2D eigenvalue weighted by atomic mass is 9.96. The minimum Gasteiger partial charge on any atom is -0.493 e. The summed E-state index contributed by atoms with van der Waals surface area (Å²) in [4.78, 5) is 0. The third-order valence-corrected chi connectivity index (χ3v) is 5.01. The summed E-state index contributed by atoms with van der Waals surface area (Å²) >= 11 is 0. The van der Waals surface area contributed by atoms with Crippen LogP contribution in [0, 0.1) is 0 Å². The summed E-state index contributed by atoms with van der Waals surface area (Å²) < 4.78 is 39.8. The summed E-state index contributed by atoms with van der Waals surface area (Å²) in [6.07, 6.45) is 5.19. The van der Waals surface area contributed by atoms with Crippen molar-refractivity contribution in [2.75, 3.05) is 14.2 Å². The molecule has 0 radical (unpaired) electrons. The molecule has 0 atom stereocenters. The zero-order valence-corrected chi connectivity index (χ0v) is 13.9. The van der Waals surface area contributed by atoms with E-state index in [4.69, 9.17) is 9.47 Å². The van der Waals surface area contributed by atoms with Gasteiger partial charge in [0.05, 0.1) is 14.2 Å². The van der Waals surface area contributed by atoms with Gasteiger partial charge in [0.15, 0.2) is 11.5 Å². The molecule has 1 aromatic rings. The fraction of sp³-hybridized carbons (Fsp3) is 0.600. The SMILES string of the molecule is COc1ccc(CNS(=O)(=O)NC2CCCCC2)cc1OC. The Kier molecular flexibility index (Phi) is 6.05. The second-order valence-electron chi connectivity index (χ2n) is 5.47. The average Bonchev–Trinajstić information content (AvgIpc) is 2.53. The van der Waals surface area contributed by atoms with Crippen LogP contribution in [-0.2, 0) is 16.8 Å². The summed E-state index contributed by atoms with van der Waals surface area (Å²) in [5.74, 6) is 1.20. The van der Waals surface area contributed by atoms with Crippen molar-refractivity contribution in [2.24, 2.45) is 0 Å². The van der Waals surface area contributed by atoms with Gasteiger partial charge < -0.3 is 9.47 Å². The van der Waals surface area contributed by atoms with Crippen molar-refractivity contribution in [3.8, 4) is 11.5 Å². The van der Waals surface area contributed by atoms with Gasteiger partial charge in [-0.15, -0.1) is 0 Å². The molecule has 1 aliphatic rings. The smallest absolute Gasteiger partial charge is 0.277 e. The van der Waals surface area contributed by atoms with Gasteiger partial charge in [-0.3, -0.25) is 0 Å². The van der Waals surface area contributed by atoms with Crippen molar-refractivity contribution in [1.82, 2.24) is 9.44 Å². The quantitative estimate of drug-likeness (QED) is 0.802. The lowest BCUT2D eigenvalue weighted by molar-refractivity contribution is 0.354. The molecule has 124 valence electrons. The van der Waals surface area contributed by atoms with E-state index < -0.39 is 10.2 Å². The van der Waals surface area contributed by atoms with Crippen molar-refractivity contribution in [3.05, 3.63) is 23.8 Å². The normalized spacial score (nSPS) is 16.5. The van der Waals surface area contributed by atoms with Crippen molar-refractivity contribution in [2.45, 2.75) is 44.7 Å². The topological polar surface area (TPSA) is 76.7 Å². The summed E-state index contributed by atoms with van der Waals surface area (Å²) in [6.45, 7) is 0.211. The number of ether oxygens (including phenoxy) is 2. The molecule has 0 spiro atoms. The van der Waals surface area contributed by atoms with Crippen LogP contribution in [0.4, 0.5) is 0 Å². The Morgan fingerprint density at radius 2 is 1.77 bits per heavy atom. The lowest BCUT2D eigenvalue weighted by Crippen LogP contribution is -2.43. The molecule has 2 N–H and O–H groups in total. The van der Waals surface area contributed by atoms with Crippen LogP contribution in [0.25, 0.3) is 0 Å². The number of methoxy groups -OCH3 is 2. The van der Waals surface area contributed by atoms with Crippen LogP contribution in [0.5, 0.6) is 11.5 Å². The first-order chi connectivity index (χ1) is 10.5. The molecule has 0 saturated heterocycles. The molecule has 0 unspecified atom stereocenters. The van der Waals surface area contributed by atoms with Crippen LogP contribution in [0.1, 0.15) is 37.7 Å². The number of benzene rings is 1. The van der Waals surface area contributed by atoms with E-state index in [9.17, 15) is 8.42 Å². The van der Waals surface area contributed by atoms with Crippen LogP contribution in [0.15, 0.2) is 18.2 Å². The van der Waals surface area contributed by atoms with E-state index >= 15 is 0 Å². The van der Waals surface area contributed by atoms with Crippen molar-refractivity contribution < 1.29 is 17.9 Å². The van der Waals surface area contributed by atoms with Gasteiger partial charge in [-0.25, -0.2) is 0 Å². The predicted molar refractivity (Wildman–Crippen MR) is 85.3 cm³/mol. The van der Waals surface area contributed by atoms with Crippen LogP contribution in [-0.4, -0.2) is 28.7 Å². The van der Waals surface area contributed by atoms with E-state index in [1.165, 1.54) is 6.42 Å². The van der Waals surface area contributed by atoms with E-state index in [0.29, 0.717) is 11.5 Å². The van der Waals surface area contributed by atoms with E-state index in [0.717, 1.165) is 31.2 Å². The van der Waals surface area contributed by atoms with Gasteiger partial charge in [0.25, 0.3) is 10.2 Å². The van der Waals surface area contributed by atoms with Gasteiger partial charge in [-0.05, 0) is 30.5 Å². The maximum Gasteiger partial charge on any atom is 0.277 e. The van der Waals surface area contributed by atoms with Crippen LogP contribution in [0.2, 0.25) is 0 Å². The maximum absolute atomic E-state index is 12.1. The Morgan fingerprint density at radius 1 is 1.09 bits per heavy atom. The Bertz CT molecular complexity index is 583. The highest BCUT2D eigenvalue weighted by molar-refractivity contribution is 7.87. The molecule has 0 heterocycles. The molecule has 1 aliphatic carbocycles. The maximum atomic E-state index is 12.1. The fourth-order valence-corrected chi connectivity index (χ4v) is 3.77. The summed E-state index contributed by atoms with van der Waals surface area (Å²) in [6, 6.07) is 5.39. The monoisotopic (exact) mass is 328 g/mol. The molecule has 0 aromatic heterocycles. The number of nitrogens with one attached hydrogen (secondary N) is 2. The Morgan fingerprint density at radius 3 is 2.41 bits per heavy atom. The number of hydrogen-bond acceptors (Lipinski definition) is 4. The molecule has 0 bridgehead atoms. The van der Waals surface area contributed by atoms with Crippen molar-refractivity contribution >= 4 is 10.2 Å². The standard InChI is InChI=1S/C15H24N2O4S/c1-20-14-9-8-12(10-15(14)21-2)11-16-22(18,19)17-13-6-4-3-5-7-13/h8-10,13,16-17H,3-7,11H2,1-2H3. The molecule has 7 heteroatoms. The molecule has 2 rings (SSSR count). The van der Waals surface area contributed by atoms with Crippen molar-refractivity contribution in [1.29, 1.82) is 0 Å². The Labute approximate surface area is 132 Å². The summed E-state index contributed by atoms with van der Waals surface area (Å²) in [5, 5.41) is 0. The summed E-state index contributed by atoms with van der Waals surface area (Å²) in [5.41, 5.74) is 0.812. The van der Waals surface area contributed by atoms with E-state index in [2.05, 4.69) is 9.44 Å². The highest BCUT2D eigenvalue weighted by Crippen LogP contribution is 2.27. The van der Waals surface area contributed by atoms with E-state index in [1.807, 2.05) is 6.07 Å². The average molecular weight is 328 g/mol. The van der Waals surface area contributed by atoms with Gasteiger partial charge in [0, 0.05) is 12.6 Å². The molecule has 22 heavy (non-hydrogen) atoms. The Hall–Kier alpha value is -1.31. The van der Waals surface area contributed by atoms with Gasteiger partial charge >= 0.3 is 0 Å². The zero-order valence-electron chi connectivity index (χ0n) is 13.1. The van der Waals surface area contributed by atoms with Crippen LogP contribution >= 0.6 is 0 Å². The number of hydrogen-bond donors (Lipinski definition) is 2. The minimum absolute atomic E-state index is 0.0525. The molecule has 0 aliphatic heterocycles. The predicted octanol–water partition coefficient (Wildman–Crippen LogP) is 1.96. The molecule has 1 aromatic carbocycles. The van der Waals surface area contributed by atoms with Gasteiger partial charge in [0.1, 0.15) is 0 Å². The first-order valence-corrected chi connectivity index (χ1v) is 9.00. The molecule has 1 saturated carbocycles. The second-order valence-corrected chi connectivity index (χ2v) is 7.00. The first-order valence-electron chi connectivity index (χ1n) is 7.52. The minimum atomic E-state index is -3.49. The molecule has 0 amide bonds. The fourth-order valence-electron chi connectivity index (χ4n) is 2.65.